The zero-order valence-electron chi connectivity index (χ0n) is 10.2. The fourth-order valence-corrected chi connectivity index (χ4v) is 1.75. The van der Waals surface area contributed by atoms with E-state index in [4.69, 9.17) is 9.52 Å². The number of amides is 1. The van der Waals surface area contributed by atoms with E-state index in [0.717, 1.165) is 0 Å². The zero-order valence-corrected chi connectivity index (χ0v) is 10.2. The number of furan rings is 1. The maximum absolute atomic E-state index is 11.5. The molecule has 1 rings (SSSR count). The Morgan fingerprint density at radius 3 is 2.47 bits per heavy atom. The van der Waals surface area contributed by atoms with Crippen LogP contribution in [0.3, 0.4) is 0 Å². The van der Waals surface area contributed by atoms with Crippen molar-refractivity contribution in [2.24, 2.45) is 5.92 Å². The lowest BCUT2D eigenvalue weighted by Crippen LogP contribution is -2.46. The Labute approximate surface area is 100 Å². The van der Waals surface area contributed by atoms with E-state index < -0.39 is 12.0 Å². The summed E-state index contributed by atoms with van der Waals surface area (Å²) < 4.78 is 5.14. The molecule has 0 saturated carbocycles. The summed E-state index contributed by atoms with van der Waals surface area (Å²) in [5.74, 6) is -0.859. The SMILES string of the molecule is CC(=O)N(Cc1ccco1)C(C(=O)O)C(C)C. The number of nitrogens with zero attached hydrogens (tertiary/aromatic N) is 1. The highest BCUT2D eigenvalue weighted by molar-refractivity contribution is 5.82. The van der Waals surface area contributed by atoms with E-state index in [1.54, 1.807) is 26.0 Å². The fraction of sp³-hybridized carbons (Fsp3) is 0.500. The second kappa shape index (κ2) is 5.52. The molecule has 1 aromatic rings. The molecule has 1 atom stereocenters. The quantitative estimate of drug-likeness (QED) is 0.849. The molecule has 0 fully saturated rings. The predicted octanol–water partition coefficient (Wildman–Crippen LogP) is 1.74. The molecule has 0 aliphatic carbocycles. The van der Waals surface area contributed by atoms with Crippen molar-refractivity contribution in [1.82, 2.24) is 4.90 Å². The first kappa shape index (κ1) is 13.3. The van der Waals surface area contributed by atoms with E-state index in [9.17, 15) is 9.59 Å². The molecule has 0 spiro atoms. The van der Waals surface area contributed by atoms with Gasteiger partial charge in [-0.2, -0.15) is 0 Å². The molecule has 94 valence electrons. The normalized spacial score (nSPS) is 12.5. The maximum atomic E-state index is 11.5. The maximum Gasteiger partial charge on any atom is 0.326 e. The monoisotopic (exact) mass is 239 g/mol. The molecule has 1 aromatic heterocycles. The lowest BCUT2D eigenvalue weighted by Gasteiger charge is -2.29. The van der Waals surface area contributed by atoms with Crippen molar-refractivity contribution in [3.05, 3.63) is 24.2 Å². The van der Waals surface area contributed by atoms with E-state index in [2.05, 4.69) is 0 Å². The van der Waals surface area contributed by atoms with Crippen LogP contribution in [0.5, 0.6) is 0 Å². The van der Waals surface area contributed by atoms with Crippen LogP contribution in [0.2, 0.25) is 0 Å². The van der Waals surface area contributed by atoms with Gasteiger partial charge in [0.15, 0.2) is 0 Å². The van der Waals surface area contributed by atoms with Crippen molar-refractivity contribution in [2.75, 3.05) is 0 Å². The fourth-order valence-electron chi connectivity index (χ4n) is 1.75. The van der Waals surface area contributed by atoms with Gasteiger partial charge in [-0.3, -0.25) is 4.79 Å². The smallest absolute Gasteiger partial charge is 0.326 e. The molecule has 1 heterocycles. The van der Waals surface area contributed by atoms with E-state index in [-0.39, 0.29) is 18.4 Å². The second-order valence-electron chi connectivity index (χ2n) is 4.25. The number of hydrogen-bond acceptors (Lipinski definition) is 3. The molecule has 0 aliphatic heterocycles. The molecule has 0 radical (unpaired) electrons. The highest BCUT2D eigenvalue weighted by atomic mass is 16.4. The first-order chi connectivity index (χ1) is 7.93. The number of carboxylic acid groups (broad SMARTS) is 1. The number of carboxylic acids is 1. The third-order valence-electron chi connectivity index (χ3n) is 2.53. The molecule has 1 N–H and O–H groups in total. The number of carbonyl (C=O) groups excluding carboxylic acids is 1. The van der Waals surface area contributed by atoms with Crippen LogP contribution in [0.1, 0.15) is 26.5 Å². The Hall–Kier alpha value is -1.78. The van der Waals surface area contributed by atoms with Gasteiger partial charge < -0.3 is 14.4 Å². The van der Waals surface area contributed by atoms with Crippen LogP contribution in [-0.4, -0.2) is 27.9 Å². The molecule has 5 nitrogen and oxygen atoms in total. The Kier molecular flexibility index (Phi) is 4.31. The Bertz CT molecular complexity index is 383. The molecule has 17 heavy (non-hydrogen) atoms. The summed E-state index contributed by atoms with van der Waals surface area (Å²) in [6, 6.07) is 2.59. The summed E-state index contributed by atoms with van der Waals surface area (Å²) in [6.45, 7) is 5.09. The summed E-state index contributed by atoms with van der Waals surface area (Å²) in [6.07, 6.45) is 1.50. The summed E-state index contributed by atoms with van der Waals surface area (Å²) in [7, 11) is 0. The largest absolute Gasteiger partial charge is 0.480 e. The van der Waals surface area contributed by atoms with E-state index in [0.29, 0.717) is 5.76 Å². The number of hydrogen-bond donors (Lipinski definition) is 1. The van der Waals surface area contributed by atoms with Gasteiger partial charge in [0.2, 0.25) is 5.91 Å². The van der Waals surface area contributed by atoms with Gasteiger partial charge in [0, 0.05) is 6.92 Å². The molecule has 5 heteroatoms. The lowest BCUT2D eigenvalue weighted by atomic mass is 10.0. The van der Waals surface area contributed by atoms with E-state index in [1.165, 1.54) is 18.1 Å². The van der Waals surface area contributed by atoms with Crippen molar-refractivity contribution in [2.45, 2.75) is 33.4 Å². The highest BCUT2D eigenvalue weighted by Gasteiger charge is 2.31. The minimum atomic E-state index is -0.998. The Morgan fingerprint density at radius 1 is 1.47 bits per heavy atom. The third kappa shape index (κ3) is 3.34. The Morgan fingerprint density at radius 2 is 2.12 bits per heavy atom. The average molecular weight is 239 g/mol. The summed E-state index contributed by atoms with van der Waals surface area (Å²) in [4.78, 5) is 24.0. The molecule has 1 amide bonds. The van der Waals surface area contributed by atoms with Crippen LogP contribution in [-0.2, 0) is 16.1 Å². The minimum absolute atomic E-state index is 0.161. The highest BCUT2D eigenvalue weighted by Crippen LogP contribution is 2.16. The first-order valence-corrected chi connectivity index (χ1v) is 5.46. The van der Waals surface area contributed by atoms with Crippen molar-refractivity contribution >= 4 is 11.9 Å². The first-order valence-electron chi connectivity index (χ1n) is 5.46. The van der Waals surface area contributed by atoms with Crippen molar-refractivity contribution < 1.29 is 19.1 Å². The van der Waals surface area contributed by atoms with Gasteiger partial charge in [0.05, 0.1) is 12.8 Å². The number of rotatable bonds is 5. The second-order valence-corrected chi connectivity index (χ2v) is 4.25. The molecular formula is C12H17NO4. The summed E-state index contributed by atoms with van der Waals surface area (Å²) in [5, 5.41) is 9.17. The zero-order chi connectivity index (χ0) is 13.0. The predicted molar refractivity (Wildman–Crippen MR) is 61.2 cm³/mol. The number of carbonyl (C=O) groups is 2. The topological polar surface area (TPSA) is 70.8 Å². The Balaban J connectivity index is 2.91. The standard InChI is InChI=1S/C12H17NO4/c1-8(2)11(12(15)16)13(9(3)14)7-10-5-4-6-17-10/h4-6,8,11H,7H2,1-3H3,(H,15,16). The van der Waals surface area contributed by atoms with Gasteiger partial charge in [-0.1, -0.05) is 13.8 Å². The van der Waals surface area contributed by atoms with Crippen LogP contribution < -0.4 is 0 Å². The molecule has 0 saturated heterocycles. The lowest BCUT2D eigenvalue weighted by molar-refractivity contribution is -0.152. The van der Waals surface area contributed by atoms with E-state index >= 15 is 0 Å². The summed E-state index contributed by atoms with van der Waals surface area (Å²) >= 11 is 0. The minimum Gasteiger partial charge on any atom is -0.480 e. The van der Waals surface area contributed by atoms with Crippen LogP contribution in [0.15, 0.2) is 22.8 Å². The van der Waals surface area contributed by atoms with Crippen molar-refractivity contribution in [3.63, 3.8) is 0 Å². The molecule has 0 aliphatic rings. The van der Waals surface area contributed by atoms with Crippen LogP contribution in [0, 0.1) is 5.92 Å². The molecule has 0 bridgehead atoms. The van der Waals surface area contributed by atoms with Crippen LogP contribution in [0.4, 0.5) is 0 Å². The van der Waals surface area contributed by atoms with Gasteiger partial charge in [-0.05, 0) is 18.1 Å². The average Bonchev–Trinajstić information content (AvgIpc) is 2.67. The van der Waals surface area contributed by atoms with Gasteiger partial charge in [0.25, 0.3) is 0 Å². The van der Waals surface area contributed by atoms with Crippen molar-refractivity contribution in [1.29, 1.82) is 0 Å². The van der Waals surface area contributed by atoms with Gasteiger partial charge in [0.1, 0.15) is 11.8 Å². The van der Waals surface area contributed by atoms with Gasteiger partial charge in [-0.15, -0.1) is 0 Å². The molecule has 1 unspecified atom stereocenters. The van der Waals surface area contributed by atoms with Gasteiger partial charge in [-0.25, -0.2) is 4.79 Å². The van der Waals surface area contributed by atoms with Crippen LogP contribution >= 0.6 is 0 Å². The molecule has 0 aromatic carbocycles. The van der Waals surface area contributed by atoms with Gasteiger partial charge >= 0.3 is 5.97 Å². The molecular weight excluding hydrogens is 222 g/mol. The van der Waals surface area contributed by atoms with Crippen molar-refractivity contribution in [3.8, 4) is 0 Å². The third-order valence-corrected chi connectivity index (χ3v) is 2.53. The van der Waals surface area contributed by atoms with E-state index in [1.807, 2.05) is 0 Å². The number of aliphatic carboxylic acids is 1. The van der Waals surface area contributed by atoms with Crippen LogP contribution in [0.25, 0.3) is 0 Å². The summed E-state index contributed by atoms with van der Waals surface area (Å²) in [5.41, 5.74) is 0.